The Morgan fingerprint density at radius 3 is 2.79 bits per heavy atom. The molecule has 2 aromatic rings. The molecule has 1 aromatic carbocycles. The second kappa shape index (κ2) is 5.37. The molecule has 0 fully saturated rings. The molecular weight excluding hydrogens is 268 g/mol. The van der Waals surface area contributed by atoms with E-state index in [9.17, 15) is 15.2 Å². The Labute approximate surface area is 113 Å². The van der Waals surface area contributed by atoms with E-state index in [1.54, 1.807) is 26.1 Å². The van der Waals surface area contributed by atoms with Gasteiger partial charge in [0.05, 0.1) is 15.9 Å². The summed E-state index contributed by atoms with van der Waals surface area (Å²) in [7, 11) is 1.71. The normalized spacial score (nSPS) is 12.4. The predicted octanol–water partition coefficient (Wildman–Crippen LogP) is 1.93. The van der Waals surface area contributed by atoms with Crippen molar-refractivity contribution in [3.05, 3.63) is 40.2 Å². The molecule has 0 bridgehead atoms. The topological polar surface area (TPSA) is 94.1 Å². The molecule has 19 heavy (non-hydrogen) atoms. The predicted molar refractivity (Wildman–Crippen MR) is 68.9 cm³/mol. The lowest BCUT2D eigenvalue weighted by Crippen LogP contribution is -1.98. The summed E-state index contributed by atoms with van der Waals surface area (Å²) in [5, 5.41) is 25.0. The van der Waals surface area contributed by atoms with Crippen molar-refractivity contribution in [1.82, 2.24) is 14.8 Å². The van der Waals surface area contributed by atoms with Gasteiger partial charge in [-0.05, 0) is 30.3 Å². The van der Waals surface area contributed by atoms with E-state index in [1.165, 1.54) is 17.1 Å². The van der Waals surface area contributed by atoms with Crippen molar-refractivity contribution in [2.24, 2.45) is 7.05 Å². The minimum absolute atomic E-state index is 0.0496. The fourth-order valence-electron chi connectivity index (χ4n) is 1.50. The summed E-state index contributed by atoms with van der Waals surface area (Å²) in [6.45, 7) is 1.56. The molecule has 1 N–H and O–H groups in total. The van der Waals surface area contributed by atoms with E-state index < -0.39 is 11.0 Å². The highest BCUT2D eigenvalue weighted by atomic mass is 32.2. The molecule has 0 saturated heterocycles. The summed E-state index contributed by atoms with van der Waals surface area (Å²) in [6, 6.07) is 4.65. The van der Waals surface area contributed by atoms with Crippen molar-refractivity contribution >= 4 is 17.4 Å². The average molecular weight is 280 g/mol. The van der Waals surface area contributed by atoms with E-state index in [2.05, 4.69) is 10.1 Å². The second-order valence-electron chi connectivity index (χ2n) is 3.93. The van der Waals surface area contributed by atoms with E-state index in [-0.39, 0.29) is 5.69 Å². The highest BCUT2D eigenvalue weighted by molar-refractivity contribution is 7.99. The summed E-state index contributed by atoms with van der Waals surface area (Å²) >= 11 is 1.16. The number of aliphatic hydroxyl groups excluding tert-OH is 1. The molecule has 0 aliphatic heterocycles. The number of nitro benzene ring substituents is 1. The minimum Gasteiger partial charge on any atom is -0.389 e. The van der Waals surface area contributed by atoms with Crippen LogP contribution in [0.25, 0.3) is 0 Å². The van der Waals surface area contributed by atoms with Crippen molar-refractivity contribution in [3.8, 4) is 0 Å². The van der Waals surface area contributed by atoms with Gasteiger partial charge in [0.25, 0.3) is 5.69 Å². The van der Waals surface area contributed by atoms with Crippen molar-refractivity contribution in [1.29, 1.82) is 0 Å². The number of nitro groups is 1. The van der Waals surface area contributed by atoms with Gasteiger partial charge < -0.3 is 5.11 Å². The van der Waals surface area contributed by atoms with Crippen LogP contribution in [0.5, 0.6) is 0 Å². The van der Waals surface area contributed by atoms with E-state index in [4.69, 9.17) is 0 Å². The largest absolute Gasteiger partial charge is 0.389 e. The van der Waals surface area contributed by atoms with Gasteiger partial charge in [-0.2, -0.15) is 5.10 Å². The Bertz CT molecular complexity index is 612. The molecule has 100 valence electrons. The zero-order chi connectivity index (χ0) is 14.0. The van der Waals surface area contributed by atoms with Crippen molar-refractivity contribution in [2.45, 2.75) is 23.1 Å². The number of aliphatic hydroxyl groups is 1. The molecule has 0 aliphatic rings. The first-order chi connectivity index (χ1) is 8.99. The molecule has 0 amide bonds. The van der Waals surface area contributed by atoms with Crippen LogP contribution in [0, 0.1) is 10.1 Å². The zero-order valence-corrected chi connectivity index (χ0v) is 11.2. The van der Waals surface area contributed by atoms with Gasteiger partial charge in [0.15, 0.2) is 5.16 Å². The van der Waals surface area contributed by atoms with Gasteiger partial charge >= 0.3 is 0 Å². The van der Waals surface area contributed by atoms with Crippen LogP contribution < -0.4 is 0 Å². The maximum atomic E-state index is 11.1. The van der Waals surface area contributed by atoms with Crippen LogP contribution in [-0.4, -0.2) is 24.8 Å². The molecule has 0 radical (unpaired) electrons. The smallest absolute Gasteiger partial charge is 0.283 e. The lowest BCUT2D eigenvalue weighted by atomic mass is 10.1. The molecule has 7 nitrogen and oxygen atoms in total. The molecule has 1 atom stereocenters. The van der Waals surface area contributed by atoms with Gasteiger partial charge in [0.2, 0.25) is 0 Å². The Kier molecular flexibility index (Phi) is 3.82. The Morgan fingerprint density at radius 2 is 2.26 bits per heavy atom. The molecular formula is C11H12N4O3S. The number of hydrogen-bond donors (Lipinski definition) is 1. The quantitative estimate of drug-likeness (QED) is 0.679. The molecule has 0 aliphatic carbocycles. The van der Waals surface area contributed by atoms with Gasteiger partial charge in [0.1, 0.15) is 6.33 Å². The lowest BCUT2D eigenvalue weighted by Gasteiger charge is -2.07. The molecule has 8 heteroatoms. The first kappa shape index (κ1) is 13.5. The number of hydrogen-bond acceptors (Lipinski definition) is 6. The summed E-state index contributed by atoms with van der Waals surface area (Å²) in [5.41, 5.74) is 0.459. The highest BCUT2D eigenvalue weighted by Gasteiger charge is 2.18. The summed E-state index contributed by atoms with van der Waals surface area (Å²) in [5.74, 6) is 0. The van der Waals surface area contributed by atoms with Crippen LogP contribution in [0.3, 0.4) is 0 Å². The van der Waals surface area contributed by atoms with Crippen molar-refractivity contribution in [3.63, 3.8) is 0 Å². The fourth-order valence-corrected chi connectivity index (χ4v) is 2.35. The Balaban J connectivity index is 2.40. The number of benzene rings is 1. The summed E-state index contributed by atoms with van der Waals surface area (Å²) < 4.78 is 1.54. The molecule has 1 heterocycles. The van der Waals surface area contributed by atoms with Crippen LogP contribution >= 0.6 is 11.8 Å². The Morgan fingerprint density at radius 1 is 1.53 bits per heavy atom. The number of nitrogens with zero attached hydrogens (tertiary/aromatic N) is 4. The first-order valence-corrected chi connectivity index (χ1v) is 6.29. The third-order valence-electron chi connectivity index (χ3n) is 2.53. The van der Waals surface area contributed by atoms with Gasteiger partial charge in [-0.15, -0.1) is 0 Å². The average Bonchev–Trinajstić information content (AvgIpc) is 2.75. The van der Waals surface area contributed by atoms with E-state index in [0.717, 1.165) is 11.8 Å². The monoisotopic (exact) mass is 280 g/mol. The molecule has 1 aromatic heterocycles. The maximum absolute atomic E-state index is 11.1. The van der Waals surface area contributed by atoms with Crippen LogP contribution in [0.4, 0.5) is 5.69 Å². The molecule has 2 rings (SSSR count). The lowest BCUT2D eigenvalue weighted by molar-refractivity contribution is -0.387. The highest BCUT2D eigenvalue weighted by Crippen LogP contribution is 2.35. The zero-order valence-electron chi connectivity index (χ0n) is 10.3. The summed E-state index contributed by atoms with van der Waals surface area (Å²) in [4.78, 5) is 15.1. The number of aryl methyl sites for hydroxylation is 1. The standard InChI is InChI=1S/C11H12N4O3S/c1-7(16)8-3-4-10(9(5-8)15(17)18)19-11-12-6-13-14(11)2/h3-7,16H,1-2H3/t7-/m0/s1. The first-order valence-electron chi connectivity index (χ1n) is 5.47. The van der Waals surface area contributed by atoms with Crippen LogP contribution in [-0.2, 0) is 7.05 Å². The third-order valence-corrected chi connectivity index (χ3v) is 3.65. The van der Waals surface area contributed by atoms with Crippen molar-refractivity contribution in [2.75, 3.05) is 0 Å². The van der Waals surface area contributed by atoms with Gasteiger partial charge in [0, 0.05) is 13.1 Å². The summed E-state index contributed by atoms with van der Waals surface area (Å²) in [6.07, 6.45) is 0.644. The fraction of sp³-hybridized carbons (Fsp3) is 0.273. The van der Waals surface area contributed by atoms with Gasteiger partial charge in [-0.25, -0.2) is 9.67 Å². The van der Waals surface area contributed by atoms with E-state index >= 15 is 0 Å². The van der Waals surface area contributed by atoms with E-state index in [1.807, 2.05) is 0 Å². The SMILES string of the molecule is C[C@H](O)c1ccc(Sc2ncnn2C)c([N+](=O)[O-])c1. The third kappa shape index (κ3) is 2.91. The Hall–Kier alpha value is -1.93. The van der Waals surface area contributed by atoms with Gasteiger partial charge in [-0.3, -0.25) is 10.1 Å². The van der Waals surface area contributed by atoms with Crippen LogP contribution in [0.2, 0.25) is 0 Å². The molecule has 0 saturated carbocycles. The molecule has 0 unspecified atom stereocenters. The van der Waals surface area contributed by atoms with E-state index in [0.29, 0.717) is 15.6 Å². The number of aromatic nitrogens is 3. The second-order valence-corrected chi connectivity index (χ2v) is 4.94. The number of rotatable bonds is 4. The van der Waals surface area contributed by atoms with Crippen molar-refractivity contribution < 1.29 is 10.0 Å². The van der Waals surface area contributed by atoms with Crippen LogP contribution in [0.15, 0.2) is 34.6 Å². The molecule has 0 spiro atoms. The maximum Gasteiger partial charge on any atom is 0.283 e. The minimum atomic E-state index is -0.743. The van der Waals surface area contributed by atoms with Gasteiger partial charge in [-0.1, -0.05) is 6.07 Å². The van der Waals surface area contributed by atoms with Crippen LogP contribution in [0.1, 0.15) is 18.6 Å².